The van der Waals surface area contributed by atoms with Gasteiger partial charge in [0.15, 0.2) is 0 Å². The van der Waals surface area contributed by atoms with Crippen molar-refractivity contribution in [3.05, 3.63) is 0 Å². The molecule has 1 rings (SSSR count). The molecule has 0 bridgehead atoms. The monoisotopic (exact) mass is 255 g/mol. The molecule has 0 aromatic rings. The van der Waals surface area contributed by atoms with Crippen molar-refractivity contribution < 1.29 is 8.42 Å². The van der Waals surface area contributed by atoms with E-state index in [0.717, 1.165) is 12.3 Å². The minimum atomic E-state index is -3.07. The van der Waals surface area contributed by atoms with Gasteiger partial charge in [-0.2, -0.15) is 0 Å². The summed E-state index contributed by atoms with van der Waals surface area (Å²) in [7, 11) is -3.07. The van der Waals surface area contributed by atoms with Crippen LogP contribution in [0.3, 0.4) is 0 Å². The molecule has 1 saturated carbocycles. The van der Waals surface area contributed by atoms with Gasteiger partial charge in [0.05, 0.1) is 0 Å². The van der Waals surface area contributed by atoms with Gasteiger partial charge < -0.3 is 0 Å². The van der Waals surface area contributed by atoms with Gasteiger partial charge in [-0.3, -0.25) is 0 Å². The van der Waals surface area contributed by atoms with E-state index < -0.39 is 10.0 Å². The Labute approximate surface area is 82.1 Å². The summed E-state index contributed by atoms with van der Waals surface area (Å²) in [5.41, 5.74) is 0. The van der Waals surface area contributed by atoms with Gasteiger partial charge in [0.1, 0.15) is 4.66 Å². The van der Waals surface area contributed by atoms with Crippen molar-refractivity contribution in [1.82, 2.24) is 4.72 Å². The predicted octanol–water partition coefficient (Wildman–Crippen LogP) is 1.45. The molecule has 1 unspecified atom stereocenters. The second-order valence-electron chi connectivity index (χ2n) is 3.42. The molecule has 1 atom stereocenters. The highest BCUT2D eigenvalue weighted by atomic mass is 79.9. The molecule has 0 radical (unpaired) electrons. The zero-order chi connectivity index (χ0) is 9.19. The van der Waals surface area contributed by atoms with Gasteiger partial charge in [-0.25, -0.2) is 13.1 Å². The van der Waals surface area contributed by atoms with Crippen molar-refractivity contribution in [2.24, 2.45) is 5.92 Å². The van der Waals surface area contributed by atoms with Crippen LogP contribution in [0.2, 0.25) is 0 Å². The Morgan fingerprint density at radius 2 is 2.17 bits per heavy atom. The first kappa shape index (κ1) is 10.5. The SMILES string of the molecule is CC(CC1CC1)NS(=O)(=O)CBr. The van der Waals surface area contributed by atoms with Crippen LogP contribution < -0.4 is 4.72 Å². The normalized spacial score (nSPS) is 20.8. The van der Waals surface area contributed by atoms with Gasteiger partial charge in [0.2, 0.25) is 10.0 Å². The quantitative estimate of drug-likeness (QED) is 0.757. The number of hydrogen-bond acceptors (Lipinski definition) is 2. The van der Waals surface area contributed by atoms with Gasteiger partial charge in [-0.1, -0.05) is 28.8 Å². The third kappa shape index (κ3) is 3.87. The Bertz CT molecular complexity index is 236. The van der Waals surface area contributed by atoms with E-state index in [2.05, 4.69) is 20.7 Å². The lowest BCUT2D eigenvalue weighted by Crippen LogP contribution is -2.33. The molecular weight excluding hydrogens is 242 g/mol. The van der Waals surface area contributed by atoms with E-state index in [1.54, 1.807) is 0 Å². The second-order valence-corrected chi connectivity index (χ2v) is 6.48. The molecule has 12 heavy (non-hydrogen) atoms. The predicted molar refractivity (Wildman–Crippen MR) is 52.7 cm³/mol. The van der Waals surface area contributed by atoms with E-state index in [1.165, 1.54) is 12.8 Å². The van der Waals surface area contributed by atoms with Gasteiger partial charge in [-0.15, -0.1) is 0 Å². The van der Waals surface area contributed by atoms with Crippen molar-refractivity contribution in [2.45, 2.75) is 32.2 Å². The number of hydrogen-bond donors (Lipinski definition) is 1. The Kier molecular flexibility index (Phi) is 3.55. The lowest BCUT2D eigenvalue weighted by atomic mass is 10.2. The van der Waals surface area contributed by atoms with E-state index in [-0.39, 0.29) is 10.7 Å². The Balaban J connectivity index is 2.28. The summed E-state index contributed by atoms with van der Waals surface area (Å²) in [6.45, 7) is 1.92. The van der Waals surface area contributed by atoms with Crippen molar-refractivity contribution in [2.75, 3.05) is 4.66 Å². The minimum Gasteiger partial charge on any atom is -0.212 e. The Hall–Kier alpha value is 0.390. The number of halogens is 1. The van der Waals surface area contributed by atoms with Crippen LogP contribution in [0.15, 0.2) is 0 Å². The van der Waals surface area contributed by atoms with Crippen LogP contribution >= 0.6 is 15.9 Å². The summed E-state index contributed by atoms with van der Waals surface area (Å²) in [4.78, 5) is 0. The lowest BCUT2D eigenvalue weighted by Gasteiger charge is -2.11. The first-order valence-corrected chi connectivity index (χ1v) is 6.87. The minimum absolute atomic E-state index is 0.00495. The summed E-state index contributed by atoms with van der Waals surface area (Å²) in [6.07, 6.45) is 3.51. The molecule has 0 aliphatic heterocycles. The van der Waals surface area contributed by atoms with Crippen LogP contribution in [0, 0.1) is 5.92 Å². The molecule has 1 fully saturated rings. The van der Waals surface area contributed by atoms with E-state index >= 15 is 0 Å². The fourth-order valence-electron chi connectivity index (χ4n) is 1.24. The summed E-state index contributed by atoms with van der Waals surface area (Å²) >= 11 is 2.93. The van der Waals surface area contributed by atoms with Crippen molar-refractivity contribution in [3.8, 4) is 0 Å². The fourth-order valence-corrected chi connectivity index (χ4v) is 2.41. The lowest BCUT2D eigenvalue weighted by molar-refractivity contribution is 0.533. The summed E-state index contributed by atoms with van der Waals surface area (Å²) in [5, 5.41) is 0. The summed E-state index contributed by atoms with van der Waals surface area (Å²) in [5.74, 6) is 0.762. The largest absolute Gasteiger partial charge is 0.221 e. The average Bonchev–Trinajstić information content (AvgIpc) is 2.70. The molecule has 0 aromatic heterocycles. The first-order chi connectivity index (χ1) is 5.53. The van der Waals surface area contributed by atoms with Crippen LogP contribution in [0.5, 0.6) is 0 Å². The molecule has 0 aromatic carbocycles. The molecule has 1 N–H and O–H groups in total. The summed E-state index contributed by atoms with van der Waals surface area (Å²) in [6, 6.07) is 0.0834. The van der Waals surface area contributed by atoms with Crippen molar-refractivity contribution >= 4 is 26.0 Å². The molecule has 0 amide bonds. The zero-order valence-corrected chi connectivity index (χ0v) is 9.49. The molecule has 1 aliphatic rings. The number of alkyl halides is 1. The molecule has 0 saturated heterocycles. The average molecular weight is 256 g/mol. The highest BCUT2D eigenvalue weighted by Gasteiger charge is 2.25. The fraction of sp³-hybridized carbons (Fsp3) is 1.00. The highest BCUT2D eigenvalue weighted by Crippen LogP contribution is 2.33. The van der Waals surface area contributed by atoms with Crippen LogP contribution in [0.4, 0.5) is 0 Å². The van der Waals surface area contributed by atoms with E-state index in [0.29, 0.717) is 0 Å². The molecule has 0 heterocycles. The zero-order valence-electron chi connectivity index (χ0n) is 7.09. The smallest absolute Gasteiger partial charge is 0.212 e. The number of nitrogens with one attached hydrogen (secondary N) is 1. The Morgan fingerprint density at radius 3 is 2.58 bits per heavy atom. The Morgan fingerprint density at radius 1 is 1.58 bits per heavy atom. The molecule has 0 spiro atoms. The van der Waals surface area contributed by atoms with E-state index in [4.69, 9.17) is 0 Å². The first-order valence-electron chi connectivity index (χ1n) is 4.09. The topological polar surface area (TPSA) is 46.2 Å². The van der Waals surface area contributed by atoms with Gasteiger partial charge in [0, 0.05) is 6.04 Å². The molecule has 3 nitrogen and oxygen atoms in total. The van der Waals surface area contributed by atoms with Crippen molar-refractivity contribution in [1.29, 1.82) is 0 Å². The highest BCUT2D eigenvalue weighted by molar-refractivity contribution is 9.10. The third-order valence-corrected chi connectivity index (χ3v) is 4.77. The molecule has 1 aliphatic carbocycles. The van der Waals surface area contributed by atoms with Gasteiger partial charge in [0.25, 0.3) is 0 Å². The number of rotatable bonds is 5. The van der Waals surface area contributed by atoms with Gasteiger partial charge in [-0.05, 0) is 19.3 Å². The van der Waals surface area contributed by atoms with Gasteiger partial charge >= 0.3 is 0 Å². The summed E-state index contributed by atoms with van der Waals surface area (Å²) < 4.78 is 24.7. The maximum Gasteiger partial charge on any atom is 0.221 e. The molecule has 5 heteroatoms. The molecular formula is C7H14BrNO2S. The van der Waals surface area contributed by atoms with E-state index in [1.807, 2.05) is 6.92 Å². The van der Waals surface area contributed by atoms with Crippen LogP contribution in [0.25, 0.3) is 0 Å². The van der Waals surface area contributed by atoms with Crippen molar-refractivity contribution in [3.63, 3.8) is 0 Å². The second kappa shape index (κ2) is 4.07. The molecule has 72 valence electrons. The van der Waals surface area contributed by atoms with Crippen LogP contribution in [0.1, 0.15) is 26.2 Å². The van der Waals surface area contributed by atoms with E-state index in [9.17, 15) is 8.42 Å². The number of sulfonamides is 1. The van der Waals surface area contributed by atoms with Crippen LogP contribution in [-0.2, 0) is 10.0 Å². The van der Waals surface area contributed by atoms with Crippen LogP contribution in [-0.4, -0.2) is 19.1 Å². The standard InChI is InChI=1S/C7H14BrNO2S/c1-6(4-7-2-3-7)9-12(10,11)5-8/h6-7,9H,2-5H2,1H3. The maximum absolute atomic E-state index is 11.1. The third-order valence-electron chi connectivity index (χ3n) is 1.91. The maximum atomic E-state index is 11.1.